The van der Waals surface area contributed by atoms with Crippen LogP contribution in [0.25, 0.3) is 0 Å². The van der Waals surface area contributed by atoms with Gasteiger partial charge < -0.3 is 10.6 Å². The van der Waals surface area contributed by atoms with Crippen LogP contribution >= 0.6 is 0 Å². The van der Waals surface area contributed by atoms with Crippen molar-refractivity contribution in [1.29, 1.82) is 0 Å². The Bertz CT molecular complexity index is 697. The predicted molar refractivity (Wildman–Crippen MR) is 90.7 cm³/mol. The summed E-state index contributed by atoms with van der Waals surface area (Å²) in [5.41, 5.74) is 2.64. The number of carbonyl (C=O) groups excluding carboxylic acids is 3. The molecule has 1 aromatic carbocycles. The number of fused-ring (bicyclic) bond motifs is 1. The van der Waals surface area contributed by atoms with Crippen molar-refractivity contribution in [2.75, 3.05) is 11.9 Å². The summed E-state index contributed by atoms with van der Waals surface area (Å²) < 4.78 is 0. The molecule has 2 N–H and O–H groups in total. The highest BCUT2D eigenvalue weighted by molar-refractivity contribution is 6.06. The molecule has 0 atom stereocenters. The number of nitrogens with zero attached hydrogens (tertiary/aromatic N) is 1. The van der Waals surface area contributed by atoms with E-state index in [4.69, 9.17) is 0 Å². The highest BCUT2D eigenvalue weighted by atomic mass is 16.2. The van der Waals surface area contributed by atoms with E-state index < -0.39 is 5.54 Å². The third kappa shape index (κ3) is 3.27. The zero-order valence-electron chi connectivity index (χ0n) is 14.1. The monoisotopic (exact) mass is 329 g/mol. The first-order chi connectivity index (χ1) is 11.4. The molecule has 6 heteroatoms. The van der Waals surface area contributed by atoms with Gasteiger partial charge in [0.05, 0.1) is 0 Å². The number of anilines is 1. The Hall–Kier alpha value is -2.37. The standard InChI is InChI=1S/C18H23N3O3/c1-18(2)16(23)21(17(24)20-18)10-4-7-15(22)19-14-9-8-12-5-3-6-13(12)11-14/h8-9,11H,3-7,10H2,1-2H3,(H,19,22)(H,20,24). The van der Waals surface area contributed by atoms with E-state index in [9.17, 15) is 14.4 Å². The molecule has 1 saturated heterocycles. The molecule has 1 fully saturated rings. The minimum Gasteiger partial charge on any atom is -0.326 e. The molecule has 0 radical (unpaired) electrons. The maximum Gasteiger partial charge on any atom is 0.325 e. The summed E-state index contributed by atoms with van der Waals surface area (Å²) in [6, 6.07) is 5.67. The van der Waals surface area contributed by atoms with Crippen molar-refractivity contribution in [3.8, 4) is 0 Å². The van der Waals surface area contributed by atoms with Gasteiger partial charge in [-0.1, -0.05) is 6.07 Å². The van der Waals surface area contributed by atoms with Crippen molar-refractivity contribution >= 4 is 23.5 Å². The molecular formula is C18H23N3O3. The molecule has 1 heterocycles. The van der Waals surface area contributed by atoms with Gasteiger partial charge >= 0.3 is 6.03 Å². The Kier molecular flexibility index (Phi) is 4.30. The van der Waals surface area contributed by atoms with Crippen molar-refractivity contribution in [3.05, 3.63) is 29.3 Å². The van der Waals surface area contributed by atoms with Gasteiger partial charge in [0.1, 0.15) is 5.54 Å². The molecule has 3 rings (SSSR count). The average Bonchev–Trinajstić information content (AvgIpc) is 3.04. The highest BCUT2D eigenvalue weighted by Crippen LogP contribution is 2.25. The molecule has 2 aliphatic rings. The Morgan fingerprint density at radius 2 is 2.00 bits per heavy atom. The minimum atomic E-state index is -0.857. The number of imide groups is 1. The first-order valence-corrected chi connectivity index (χ1v) is 8.42. The number of urea groups is 1. The number of nitrogens with one attached hydrogen (secondary N) is 2. The Morgan fingerprint density at radius 1 is 1.25 bits per heavy atom. The first kappa shape index (κ1) is 16.5. The van der Waals surface area contributed by atoms with Crippen molar-refractivity contribution in [3.63, 3.8) is 0 Å². The maximum atomic E-state index is 12.1. The first-order valence-electron chi connectivity index (χ1n) is 8.42. The smallest absolute Gasteiger partial charge is 0.325 e. The van der Waals surface area contributed by atoms with Gasteiger partial charge in [0.25, 0.3) is 5.91 Å². The van der Waals surface area contributed by atoms with Crippen molar-refractivity contribution in [1.82, 2.24) is 10.2 Å². The summed E-state index contributed by atoms with van der Waals surface area (Å²) in [5, 5.41) is 5.52. The topological polar surface area (TPSA) is 78.5 Å². The van der Waals surface area contributed by atoms with Crippen LogP contribution in [0.5, 0.6) is 0 Å². The molecule has 4 amide bonds. The number of carbonyl (C=O) groups is 3. The molecule has 0 saturated carbocycles. The summed E-state index contributed by atoms with van der Waals surface area (Å²) in [6.07, 6.45) is 4.09. The number of benzene rings is 1. The van der Waals surface area contributed by atoms with E-state index in [2.05, 4.69) is 16.7 Å². The van der Waals surface area contributed by atoms with Crippen LogP contribution in [0.2, 0.25) is 0 Å². The summed E-state index contributed by atoms with van der Waals surface area (Å²) in [6.45, 7) is 3.60. The number of amides is 4. The van der Waals surface area contributed by atoms with Crippen molar-refractivity contribution in [2.45, 2.75) is 51.5 Å². The van der Waals surface area contributed by atoms with Crippen LogP contribution in [0.4, 0.5) is 10.5 Å². The second-order valence-corrected chi connectivity index (χ2v) is 7.00. The lowest BCUT2D eigenvalue weighted by atomic mass is 10.1. The molecule has 1 aliphatic heterocycles. The number of aryl methyl sites for hydroxylation is 2. The molecule has 0 bridgehead atoms. The lowest BCUT2D eigenvalue weighted by molar-refractivity contribution is -0.130. The van der Waals surface area contributed by atoms with Gasteiger partial charge in [-0.3, -0.25) is 14.5 Å². The van der Waals surface area contributed by atoms with E-state index in [0.717, 1.165) is 18.5 Å². The number of hydrogen-bond acceptors (Lipinski definition) is 3. The van der Waals surface area contributed by atoms with Crippen molar-refractivity contribution < 1.29 is 14.4 Å². The predicted octanol–water partition coefficient (Wildman–Crippen LogP) is 2.22. The van der Waals surface area contributed by atoms with Gasteiger partial charge in [0, 0.05) is 18.7 Å². The van der Waals surface area contributed by atoms with Gasteiger partial charge in [0.2, 0.25) is 5.91 Å². The van der Waals surface area contributed by atoms with Gasteiger partial charge in [-0.05, 0) is 62.8 Å². The fraction of sp³-hybridized carbons (Fsp3) is 0.500. The lowest BCUT2D eigenvalue weighted by Gasteiger charge is -2.15. The molecule has 1 aromatic rings. The van der Waals surface area contributed by atoms with Gasteiger partial charge in [-0.2, -0.15) is 0 Å². The quantitative estimate of drug-likeness (QED) is 0.813. The minimum absolute atomic E-state index is 0.0979. The molecular weight excluding hydrogens is 306 g/mol. The zero-order chi connectivity index (χ0) is 17.3. The van der Waals surface area contributed by atoms with E-state index in [1.54, 1.807) is 13.8 Å². The van der Waals surface area contributed by atoms with Crippen LogP contribution in [0.15, 0.2) is 18.2 Å². The molecule has 0 unspecified atom stereocenters. The van der Waals surface area contributed by atoms with Crippen LogP contribution in [0.3, 0.4) is 0 Å². The Labute approximate surface area is 141 Å². The summed E-state index contributed by atoms with van der Waals surface area (Å²) in [4.78, 5) is 37.1. The number of rotatable bonds is 5. The van der Waals surface area contributed by atoms with Crippen LogP contribution in [0, 0.1) is 0 Å². The normalized spacial score (nSPS) is 18.5. The molecule has 0 aromatic heterocycles. The van der Waals surface area contributed by atoms with Crippen LogP contribution in [-0.2, 0) is 22.4 Å². The van der Waals surface area contributed by atoms with Gasteiger partial charge in [0.15, 0.2) is 0 Å². The zero-order valence-corrected chi connectivity index (χ0v) is 14.1. The maximum absolute atomic E-state index is 12.1. The van der Waals surface area contributed by atoms with Gasteiger partial charge in [-0.15, -0.1) is 0 Å². The molecule has 0 spiro atoms. The molecule has 128 valence electrons. The second-order valence-electron chi connectivity index (χ2n) is 7.00. The van der Waals surface area contributed by atoms with Crippen LogP contribution in [-0.4, -0.2) is 34.8 Å². The third-order valence-electron chi connectivity index (χ3n) is 4.61. The van der Waals surface area contributed by atoms with E-state index in [1.807, 2.05) is 12.1 Å². The molecule has 1 aliphatic carbocycles. The van der Waals surface area contributed by atoms with Crippen LogP contribution in [0.1, 0.15) is 44.2 Å². The fourth-order valence-electron chi connectivity index (χ4n) is 3.29. The number of hydrogen-bond donors (Lipinski definition) is 2. The van der Waals surface area contributed by atoms with Crippen molar-refractivity contribution in [2.24, 2.45) is 0 Å². The molecule has 24 heavy (non-hydrogen) atoms. The van der Waals surface area contributed by atoms with E-state index in [0.29, 0.717) is 6.42 Å². The average molecular weight is 329 g/mol. The fourth-order valence-corrected chi connectivity index (χ4v) is 3.29. The van der Waals surface area contributed by atoms with E-state index in [1.165, 1.54) is 22.4 Å². The summed E-state index contributed by atoms with van der Waals surface area (Å²) >= 11 is 0. The Morgan fingerprint density at radius 3 is 2.71 bits per heavy atom. The Balaban J connectivity index is 1.48. The largest absolute Gasteiger partial charge is 0.326 e. The second kappa shape index (κ2) is 6.26. The van der Waals surface area contributed by atoms with E-state index >= 15 is 0 Å². The molecule has 6 nitrogen and oxygen atoms in total. The summed E-state index contributed by atoms with van der Waals surface area (Å²) in [5.74, 6) is -0.342. The SMILES string of the molecule is CC1(C)NC(=O)N(CCCC(=O)Nc2ccc3c(c2)CCC3)C1=O. The van der Waals surface area contributed by atoms with Crippen LogP contribution < -0.4 is 10.6 Å². The third-order valence-corrected chi connectivity index (χ3v) is 4.61. The highest BCUT2D eigenvalue weighted by Gasteiger charge is 2.43. The van der Waals surface area contributed by atoms with Gasteiger partial charge in [-0.25, -0.2) is 4.79 Å². The lowest BCUT2D eigenvalue weighted by Crippen LogP contribution is -2.40. The summed E-state index contributed by atoms with van der Waals surface area (Å²) in [7, 11) is 0. The van der Waals surface area contributed by atoms with E-state index in [-0.39, 0.29) is 30.8 Å².